The minimum atomic E-state index is -3.51. The predicted molar refractivity (Wildman–Crippen MR) is 101 cm³/mol. The maximum Gasteiger partial charge on any atom is 0.235 e. The summed E-state index contributed by atoms with van der Waals surface area (Å²) < 4.78 is 26.0. The Balaban J connectivity index is 1.86. The van der Waals surface area contributed by atoms with Crippen LogP contribution in [0.5, 0.6) is 0 Å². The van der Waals surface area contributed by atoms with E-state index in [-0.39, 0.29) is 0 Å². The van der Waals surface area contributed by atoms with Gasteiger partial charge in [-0.1, -0.05) is 72.8 Å². The van der Waals surface area contributed by atoms with Crippen LogP contribution in [-0.2, 0) is 8.87 Å². The quantitative estimate of drug-likeness (QED) is 0.459. The van der Waals surface area contributed by atoms with Gasteiger partial charge in [-0.05, 0) is 28.3 Å². The molecule has 4 heteroatoms. The lowest BCUT2D eigenvalue weighted by atomic mass is 10.1. The molecule has 0 radical (unpaired) electrons. The standard InChI is InChI=1S/C20H14O2S2/c21-24(22,20-14-6-10-16-8-2-4-12-18(16)20)23-19-13-5-9-15-7-1-3-11-17(15)19/h1-14H. The van der Waals surface area contributed by atoms with Crippen LogP contribution < -0.4 is 0 Å². The highest BCUT2D eigenvalue weighted by Crippen LogP contribution is 2.37. The van der Waals surface area contributed by atoms with Crippen molar-refractivity contribution in [3.63, 3.8) is 0 Å². The Morgan fingerprint density at radius 1 is 0.583 bits per heavy atom. The number of hydrogen-bond acceptors (Lipinski definition) is 3. The molecule has 24 heavy (non-hydrogen) atoms. The van der Waals surface area contributed by atoms with E-state index in [4.69, 9.17) is 0 Å². The van der Waals surface area contributed by atoms with Crippen LogP contribution in [0.3, 0.4) is 0 Å². The largest absolute Gasteiger partial charge is 0.235 e. The van der Waals surface area contributed by atoms with Gasteiger partial charge in [0.15, 0.2) is 0 Å². The first-order chi connectivity index (χ1) is 11.6. The first-order valence-corrected chi connectivity index (χ1v) is 10.4. The Hall–Kier alpha value is -2.30. The Bertz CT molecular complexity index is 1140. The second kappa shape index (κ2) is 5.96. The molecule has 0 aliphatic rings. The summed E-state index contributed by atoms with van der Waals surface area (Å²) in [4.78, 5) is 1.11. The molecule has 0 amide bonds. The van der Waals surface area contributed by atoms with Gasteiger partial charge >= 0.3 is 0 Å². The van der Waals surface area contributed by atoms with Crippen LogP contribution >= 0.6 is 10.8 Å². The average molecular weight is 350 g/mol. The van der Waals surface area contributed by atoms with Crippen molar-refractivity contribution in [3.05, 3.63) is 84.9 Å². The summed E-state index contributed by atoms with van der Waals surface area (Å²) in [7, 11) is -2.60. The normalized spacial score (nSPS) is 11.8. The van der Waals surface area contributed by atoms with Crippen molar-refractivity contribution < 1.29 is 8.42 Å². The average Bonchev–Trinajstić information content (AvgIpc) is 2.61. The van der Waals surface area contributed by atoms with Crippen molar-refractivity contribution >= 4 is 41.2 Å². The van der Waals surface area contributed by atoms with Gasteiger partial charge in [-0.3, -0.25) is 0 Å². The lowest BCUT2D eigenvalue weighted by Crippen LogP contribution is -1.96. The minimum Gasteiger partial charge on any atom is -0.212 e. The molecule has 0 aliphatic carbocycles. The molecule has 0 heterocycles. The van der Waals surface area contributed by atoms with Crippen molar-refractivity contribution in [2.45, 2.75) is 9.79 Å². The third-order valence-electron chi connectivity index (χ3n) is 3.97. The molecule has 4 aromatic rings. The van der Waals surface area contributed by atoms with Gasteiger partial charge in [0.25, 0.3) is 0 Å². The molecule has 0 aromatic heterocycles. The third-order valence-corrected chi connectivity index (χ3v) is 7.35. The highest BCUT2D eigenvalue weighted by Gasteiger charge is 2.20. The van der Waals surface area contributed by atoms with Crippen molar-refractivity contribution in [1.29, 1.82) is 0 Å². The lowest BCUT2D eigenvalue weighted by Gasteiger charge is -2.09. The van der Waals surface area contributed by atoms with E-state index in [1.165, 1.54) is 0 Å². The summed E-state index contributed by atoms with van der Waals surface area (Å²) in [6, 6.07) is 26.5. The van der Waals surface area contributed by atoms with Gasteiger partial charge in [0.1, 0.15) is 0 Å². The fourth-order valence-corrected chi connectivity index (χ4v) is 6.13. The molecule has 0 bridgehead atoms. The third kappa shape index (κ3) is 2.68. The van der Waals surface area contributed by atoms with Crippen LogP contribution in [0.1, 0.15) is 0 Å². The lowest BCUT2D eigenvalue weighted by molar-refractivity contribution is 0.611. The van der Waals surface area contributed by atoms with E-state index in [2.05, 4.69) is 0 Å². The van der Waals surface area contributed by atoms with Gasteiger partial charge in [-0.25, -0.2) is 8.42 Å². The van der Waals surface area contributed by atoms with E-state index >= 15 is 0 Å². The first kappa shape index (κ1) is 15.2. The molecule has 118 valence electrons. The summed E-state index contributed by atoms with van der Waals surface area (Å²) in [5.74, 6) is 0. The number of rotatable bonds is 3. The first-order valence-electron chi connectivity index (χ1n) is 7.55. The fraction of sp³-hybridized carbons (Fsp3) is 0. The molecule has 2 nitrogen and oxygen atoms in total. The molecular weight excluding hydrogens is 336 g/mol. The predicted octanol–water partition coefficient (Wildman–Crippen LogP) is 5.47. The Labute approximate surface area is 144 Å². The molecule has 0 N–H and O–H groups in total. The van der Waals surface area contributed by atoms with Crippen LogP contribution in [0.2, 0.25) is 0 Å². The second-order valence-corrected chi connectivity index (χ2v) is 9.26. The zero-order valence-electron chi connectivity index (χ0n) is 12.7. The Kier molecular flexibility index (Phi) is 3.79. The van der Waals surface area contributed by atoms with E-state index in [0.717, 1.165) is 37.2 Å². The van der Waals surface area contributed by atoms with E-state index in [1.807, 2.05) is 72.8 Å². The van der Waals surface area contributed by atoms with E-state index < -0.39 is 8.87 Å². The van der Waals surface area contributed by atoms with Crippen LogP contribution in [0.25, 0.3) is 21.5 Å². The smallest absolute Gasteiger partial charge is 0.212 e. The van der Waals surface area contributed by atoms with Gasteiger partial charge in [0.2, 0.25) is 8.87 Å². The molecule has 0 saturated heterocycles. The summed E-state index contributed by atoms with van der Waals surface area (Å²) in [6.45, 7) is 0. The Morgan fingerprint density at radius 3 is 1.88 bits per heavy atom. The van der Waals surface area contributed by atoms with Crippen LogP contribution in [-0.4, -0.2) is 8.42 Å². The fourth-order valence-electron chi connectivity index (χ4n) is 2.85. The monoisotopic (exact) mass is 350 g/mol. The zero-order chi connectivity index (χ0) is 16.6. The molecule has 0 aliphatic heterocycles. The Morgan fingerprint density at radius 2 is 1.12 bits per heavy atom. The molecular formula is C20H14O2S2. The summed E-state index contributed by atoms with van der Waals surface area (Å²) in [5, 5.41) is 3.68. The maximum atomic E-state index is 13.0. The number of fused-ring (bicyclic) bond motifs is 2. The van der Waals surface area contributed by atoms with Crippen molar-refractivity contribution in [1.82, 2.24) is 0 Å². The van der Waals surface area contributed by atoms with Crippen molar-refractivity contribution in [2.24, 2.45) is 0 Å². The topological polar surface area (TPSA) is 34.1 Å². The molecule has 4 rings (SSSR count). The molecule has 0 saturated carbocycles. The number of hydrogen-bond donors (Lipinski definition) is 0. The van der Waals surface area contributed by atoms with Gasteiger partial charge in [0, 0.05) is 21.1 Å². The van der Waals surface area contributed by atoms with E-state index in [0.29, 0.717) is 4.90 Å². The molecule has 0 unspecified atom stereocenters. The van der Waals surface area contributed by atoms with Crippen molar-refractivity contribution in [2.75, 3.05) is 0 Å². The van der Waals surface area contributed by atoms with E-state index in [9.17, 15) is 8.42 Å². The summed E-state index contributed by atoms with van der Waals surface area (Å²) >= 11 is 0. The van der Waals surface area contributed by atoms with Gasteiger partial charge in [-0.15, -0.1) is 0 Å². The number of benzene rings is 4. The summed E-state index contributed by atoms with van der Waals surface area (Å²) in [6.07, 6.45) is 0. The van der Waals surface area contributed by atoms with Crippen LogP contribution in [0.4, 0.5) is 0 Å². The van der Waals surface area contributed by atoms with Gasteiger partial charge in [-0.2, -0.15) is 0 Å². The highest BCUT2D eigenvalue weighted by molar-refractivity contribution is 8.72. The molecule has 0 atom stereocenters. The van der Waals surface area contributed by atoms with Crippen LogP contribution in [0, 0.1) is 0 Å². The molecule has 0 fully saturated rings. The van der Waals surface area contributed by atoms with Crippen LogP contribution in [0.15, 0.2) is 94.7 Å². The molecule has 0 spiro atoms. The summed E-state index contributed by atoms with van der Waals surface area (Å²) in [5.41, 5.74) is 0. The SMILES string of the molecule is O=S(=O)(Sc1cccc2ccccc12)c1cccc2ccccc12. The minimum absolute atomic E-state index is 0.360. The van der Waals surface area contributed by atoms with Gasteiger partial charge in [0.05, 0.1) is 4.90 Å². The zero-order valence-corrected chi connectivity index (χ0v) is 14.3. The van der Waals surface area contributed by atoms with Crippen molar-refractivity contribution in [3.8, 4) is 0 Å². The highest BCUT2D eigenvalue weighted by atomic mass is 33.1. The maximum absolute atomic E-state index is 13.0. The van der Waals surface area contributed by atoms with Gasteiger partial charge < -0.3 is 0 Å². The van der Waals surface area contributed by atoms with E-state index in [1.54, 1.807) is 12.1 Å². The second-order valence-electron chi connectivity index (χ2n) is 5.49. The molecule has 4 aromatic carbocycles.